The van der Waals surface area contributed by atoms with E-state index in [4.69, 9.17) is 4.74 Å². The topological polar surface area (TPSA) is 26.3 Å². The van der Waals surface area contributed by atoms with E-state index in [1.807, 2.05) is 30.3 Å². The molecule has 0 saturated carbocycles. The largest absolute Gasteiger partial charge is 0.461 e. The molecule has 1 aliphatic rings. The second-order valence-corrected chi connectivity index (χ2v) is 4.06. The number of hydrogen-bond acceptors (Lipinski definition) is 2. The van der Waals surface area contributed by atoms with Crippen LogP contribution in [0, 0.1) is 0 Å². The fraction of sp³-hybridized carbons (Fsp3) is 0.364. The van der Waals surface area contributed by atoms with Crippen molar-refractivity contribution in [3.8, 4) is 0 Å². The van der Waals surface area contributed by atoms with Crippen LogP contribution in [0.3, 0.4) is 0 Å². The molecule has 0 amide bonds. The van der Waals surface area contributed by atoms with Crippen LogP contribution in [-0.2, 0) is 9.53 Å². The quantitative estimate of drug-likeness (QED) is 0.599. The van der Waals surface area contributed by atoms with E-state index in [0.717, 1.165) is 17.3 Å². The highest BCUT2D eigenvalue weighted by Gasteiger charge is 2.34. The van der Waals surface area contributed by atoms with E-state index in [-0.39, 0.29) is 18.0 Å². The lowest BCUT2D eigenvalue weighted by Gasteiger charge is -2.04. The SMILES string of the molecule is O=C1OC(CBr)CC1c1ccccc1. The molecule has 1 aromatic carbocycles. The fourth-order valence-corrected chi connectivity index (χ4v) is 2.10. The van der Waals surface area contributed by atoms with Gasteiger partial charge in [-0.05, 0) is 5.56 Å². The van der Waals surface area contributed by atoms with Crippen LogP contribution in [-0.4, -0.2) is 17.4 Å². The number of carbonyl (C=O) groups is 1. The highest BCUT2D eigenvalue weighted by Crippen LogP contribution is 2.31. The molecule has 0 N–H and O–H groups in total. The lowest BCUT2D eigenvalue weighted by atomic mass is 9.96. The minimum atomic E-state index is -0.0966. The molecule has 0 aromatic heterocycles. The molecule has 0 bridgehead atoms. The van der Waals surface area contributed by atoms with Crippen LogP contribution in [0.25, 0.3) is 0 Å². The van der Waals surface area contributed by atoms with Crippen LogP contribution in [0.15, 0.2) is 30.3 Å². The highest BCUT2D eigenvalue weighted by molar-refractivity contribution is 9.09. The summed E-state index contributed by atoms with van der Waals surface area (Å²) in [5, 5.41) is 0.724. The average molecular weight is 255 g/mol. The summed E-state index contributed by atoms with van der Waals surface area (Å²) < 4.78 is 5.19. The molecule has 1 fully saturated rings. The third-order valence-corrected chi connectivity index (χ3v) is 3.16. The Hall–Kier alpha value is -0.830. The zero-order valence-electron chi connectivity index (χ0n) is 7.65. The normalized spacial score (nSPS) is 26.2. The van der Waals surface area contributed by atoms with Gasteiger partial charge >= 0.3 is 5.97 Å². The van der Waals surface area contributed by atoms with E-state index in [9.17, 15) is 4.79 Å². The summed E-state index contributed by atoms with van der Waals surface area (Å²) in [6.07, 6.45) is 0.821. The predicted octanol–water partition coefficient (Wildman–Crippen LogP) is 2.48. The number of rotatable bonds is 2. The van der Waals surface area contributed by atoms with Gasteiger partial charge in [0.2, 0.25) is 0 Å². The third kappa shape index (κ3) is 1.82. The Balaban J connectivity index is 2.17. The molecule has 14 heavy (non-hydrogen) atoms. The van der Waals surface area contributed by atoms with Gasteiger partial charge in [0.15, 0.2) is 0 Å². The second kappa shape index (κ2) is 4.13. The summed E-state index contributed by atoms with van der Waals surface area (Å²) in [4.78, 5) is 11.5. The van der Waals surface area contributed by atoms with Crippen LogP contribution in [0.2, 0.25) is 0 Å². The van der Waals surface area contributed by atoms with Crippen molar-refractivity contribution in [1.82, 2.24) is 0 Å². The monoisotopic (exact) mass is 254 g/mol. The molecule has 1 aromatic rings. The molecule has 0 radical (unpaired) electrons. The van der Waals surface area contributed by atoms with E-state index in [1.54, 1.807) is 0 Å². The maximum atomic E-state index is 11.5. The number of cyclic esters (lactones) is 1. The first-order valence-corrected chi connectivity index (χ1v) is 5.75. The predicted molar refractivity (Wildman–Crippen MR) is 57.5 cm³/mol. The zero-order chi connectivity index (χ0) is 9.97. The molecule has 0 spiro atoms. The first-order chi connectivity index (χ1) is 6.81. The van der Waals surface area contributed by atoms with Gasteiger partial charge in [0, 0.05) is 11.8 Å². The molecule has 3 heteroatoms. The Labute approximate surface area is 91.4 Å². The van der Waals surface area contributed by atoms with Crippen LogP contribution >= 0.6 is 15.9 Å². The van der Waals surface area contributed by atoms with E-state index in [0.29, 0.717) is 0 Å². The summed E-state index contributed by atoms with van der Waals surface area (Å²) in [7, 11) is 0. The molecule has 1 aliphatic heterocycles. The van der Waals surface area contributed by atoms with Gasteiger partial charge in [0.05, 0.1) is 5.92 Å². The smallest absolute Gasteiger partial charge is 0.313 e. The summed E-state index contributed by atoms with van der Waals surface area (Å²) in [6, 6.07) is 9.80. The minimum Gasteiger partial charge on any atom is -0.461 e. The van der Waals surface area contributed by atoms with Crippen molar-refractivity contribution >= 4 is 21.9 Å². The van der Waals surface area contributed by atoms with Crippen molar-refractivity contribution in [2.75, 3.05) is 5.33 Å². The van der Waals surface area contributed by atoms with E-state index in [1.165, 1.54) is 0 Å². The second-order valence-electron chi connectivity index (χ2n) is 3.41. The standard InChI is InChI=1S/C11H11BrO2/c12-7-9-6-10(11(13)14-9)8-4-2-1-3-5-8/h1-5,9-10H,6-7H2. The maximum absolute atomic E-state index is 11.5. The number of ether oxygens (including phenoxy) is 1. The molecule has 2 unspecified atom stereocenters. The summed E-state index contributed by atoms with van der Waals surface area (Å²) in [6.45, 7) is 0. The van der Waals surface area contributed by atoms with Crippen LogP contribution in [0.4, 0.5) is 0 Å². The van der Waals surface area contributed by atoms with Gasteiger partial charge in [-0.2, -0.15) is 0 Å². The molecule has 1 saturated heterocycles. The van der Waals surface area contributed by atoms with Gasteiger partial charge in [0.1, 0.15) is 6.10 Å². The molecule has 74 valence electrons. The minimum absolute atomic E-state index is 0.0349. The number of alkyl halides is 1. The molecule has 2 nitrogen and oxygen atoms in total. The Morgan fingerprint density at radius 1 is 1.36 bits per heavy atom. The van der Waals surface area contributed by atoms with Gasteiger partial charge in [0.25, 0.3) is 0 Å². The number of esters is 1. The average Bonchev–Trinajstić information content (AvgIpc) is 2.61. The van der Waals surface area contributed by atoms with Gasteiger partial charge in [-0.25, -0.2) is 0 Å². The van der Waals surface area contributed by atoms with Crippen LogP contribution in [0.1, 0.15) is 17.9 Å². The number of hydrogen-bond donors (Lipinski definition) is 0. The van der Waals surface area contributed by atoms with Crippen molar-refractivity contribution < 1.29 is 9.53 Å². The summed E-state index contributed by atoms with van der Waals surface area (Å²) in [5.74, 6) is -0.167. The van der Waals surface area contributed by atoms with E-state index in [2.05, 4.69) is 15.9 Å². The summed E-state index contributed by atoms with van der Waals surface area (Å²) in [5.41, 5.74) is 1.06. The van der Waals surface area contributed by atoms with E-state index >= 15 is 0 Å². The first-order valence-electron chi connectivity index (χ1n) is 4.62. The van der Waals surface area contributed by atoms with Crippen LogP contribution < -0.4 is 0 Å². The van der Waals surface area contributed by atoms with Crippen molar-refractivity contribution in [1.29, 1.82) is 0 Å². The summed E-state index contributed by atoms with van der Waals surface area (Å²) >= 11 is 3.33. The van der Waals surface area contributed by atoms with Gasteiger partial charge in [-0.15, -0.1) is 0 Å². The molecular formula is C11H11BrO2. The lowest BCUT2D eigenvalue weighted by Crippen LogP contribution is -2.07. The first kappa shape index (κ1) is 9.71. The van der Waals surface area contributed by atoms with Gasteiger partial charge in [-0.1, -0.05) is 46.3 Å². The van der Waals surface area contributed by atoms with Gasteiger partial charge < -0.3 is 4.74 Å². The Kier molecular flexibility index (Phi) is 2.87. The molecular weight excluding hydrogens is 244 g/mol. The molecule has 1 heterocycles. The van der Waals surface area contributed by atoms with Crippen LogP contribution in [0.5, 0.6) is 0 Å². The van der Waals surface area contributed by atoms with E-state index < -0.39 is 0 Å². The highest BCUT2D eigenvalue weighted by atomic mass is 79.9. The zero-order valence-corrected chi connectivity index (χ0v) is 9.24. The fourth-order valence-electron chi connectivity index (χ4n) is 1.71. The third-order valence-electron chi connectivity index (χ3n) is 2.44. The van der Waals surface area contributed by atoms with Crippen molar-refractivity contribution in [3.63, 3.8) is 0 Å². The lowest BCUT2D eigenvalue weighted by molar-refractivity contribution is -0.141. The Morgan fingerprint density at radius 2 is 2.07 bits per heavy atom. The maximum Gasteiger partial charge on any atom is 0.313 e. The number of halogens is 1. The molecule has 2 rings (SSSR count). The Bertz CT molecular complexity index is 323. The Morgan fingerprint density at radius 3 is 2.64 bits per heavy atom. The van der Waals surface area contributed by atoms with Crippen molar-refractivity contribution in [2.24, 2.45) is 0 Å². The van der Waals surface area contributed by atoms with Crippen molar-refractivity contribution in [2.45, 2.75) is 18.4 Å². The molecule has 0 aliphatic carbocycles. The number of benzene rings is 1. The number of carbonyl (C=O) groups excluding carboxylic acids is 1. The van der Waals surface area contributed by atoms with Gasteiger partial charge in [-0.3, -0.25) is 4.79 Å². The molecule has 2 atom stereocenters. The van der Waals surface area contributed by atoms with Crippen molar-refractivity contribution in [3.05, 3.63) is 35.9 Å².